The second-order valence-corrected chi connectivity index (χ2v) is 12.7. The van der Waals surface area contributed by atoms with Crippen molar-refractivity contribution in [3.63, 3.8) is 0 Å². The van der Waals surface area contributed by atoms with Crippen molar-refractivity contribution in [2.45, 2.75) is 57.5 Å². The average molecular weight is 615 g/mol. The van der Waals surface area contributed by atoms with E-state index in [4.69, 9.17) is 14.7 Å². The van der Waals surface area contributed by atoms with E-state index in [-0.39, 0.29) is 29.9 Å². The standard InChI is InChI=1S/C35H40F2N6O2/c1-4-30(44)41-18-20-42(21-19-41)32-28-14-17-43(23(2)26-11-5-8-24-10-7-15-35(36,37)31(24)26)33(28)39-34(38-32)45-29-12-6-9-25-22-40(3)16-13-27(25)29/h4-6,8-9,11-12,23H,1,7,10,13-22H2,2-3H3. The first-order chi connectivity index (χ1) is 21.7. The zero-order valence-electron chi connectivity index (χ0n) is 26.1. The Labute approximate surface area is 263 Å². The highest BCUT2D eigenvalue weighted by molar-refractivity contribution is 5.87. The maximum atomic E-state index is 15.4. The Balaban J connectivity index is 1.27. The molecule has 7 rings (SSSR count). The number of aryl methyl sites for hydroxylation is 1. The van der Waals surface area contributed by atoms with Crippen molar-refractivity contribution in [2.75, 3.05) is 56.1 Å². The second-order valence-electron chi connectivity index (χ2n) is 12.7. The summed E-state index contributed by atoms with van der Waals surface area (Å²) in [6, 6.07) is 11.6. The summed E-state index contributed by atoms with van der Waals surface area (Å²) in [7, 11) is 2.12. The monoisotopic (exact) mass is 614 g/mol. The molecule has 0 radical (unpaired) electrons. The molecule has 1 aliphatic carbocycles. The number of hydrogen-bond donors (Lipinski definition) is 0. The van der Waals surface area contributed by atoms with Gasteiger partial charge in [-0.25, -0.2) is 8.78 Å². The van der Waals surface area contributed by atoms with Crippen LogP contribution in [0.3, 0.4) is 0 Å². The summed E-state index contributed by atoms with van der Waals surface area (Å²) in [6.45, 7) is 10.4. The number of aromatic nitrogens is 2. The molecule has 3 aliphatic heterocycles. The molecule has 4 aliphatic rings. The minimum absolute atomic E-state index is 0.0749. The van der Waals surface area contributed by atoms with E-state index < -0.39 is 5.92 Å². The summed E-state index contributed by atoms with van der Waals surface area (Å²) in [5.74, 6) is -0.653. The van der Waals surface area contributed by atoms with E-state index in [1.807, 2.05) is 37.3 Å². The van der Waals surface area contributed by atoms with Crippen molar-refractivity contribution in [3.05, 3.63) is 82.4 Å². The summed E-state index contributed by atoms with van der Waals surface area (Å²) in [6.07, 6.45) is 3.96. The summed E-state index contributed by atoms with van der Waals surface area (Å²) < 4.78 is 37.3. The van der Waals surface area contributed by atoms with Gasteiger partial charge in [-0.05, 0) is 68.5 Å². The number of carbonyl (C=O) groups excluding carboxylic acids is 1. The largest absolute Gasteiger partial charge is 0.424 e. The Bertz CT molecular complexity index is 1640. The molecule has 0 bridgehead atoms. The van der Waals surface area contributed by atoms with Gasteiger partial charge in [0.25, 0.3) is 5.92 Å². The zero-order chi connectivity index (χ0) is 31.3. The normalized spacial score (nSPS) is 19.9. The third-order valence-electron chi connectivity index (χ3n) is 9.90. The number of piperazine rings is 1. The topological polar surface area (TPSA) is 65.0 Å². The van der Waals surface area contributed by atoms with Gasteiger partial charge in [0.15, 0.2) is 0 Å². The van der Waals surface area contributed by atoms with Crippen LogP contribution in [0, 0.1) is 0 Å². The molecule has 1 fully saturated rings. The van der Waals surface area contributed by atoms with Crippen LogP contribution in [0.1, 0.15) is 59.2 Å². The lowest BCUT2D eigenvalue weighted by Crippen LogP contribution is -2.48. The highest BCUT2D eigenvalue weighted by Crippen LogP contribution is 2.47. The van der Waals surface area contributed by atoms with E-state index in [0.717, 1.165) is 48.0 Å². The molecule has 10 heteroatoms. The van der Waals surface area contributed by atoms with E-state index in [1.165, 1.54) is 17.2 Å². The molecule has 1 atom stereocenters. The predicted molar refractivity (Wildman–Crippen MR) is 170 cm³/mol. The molecule has 236 valence electrons. The van der Waals surface area contributed by atoms with Crippen molar-refractivity contribution in [1.82, 2.24) is 19.8 Å². The van der Waals surface area contributed by atoms with Crippen molar-refractivity contribution in [2.24, 2.45) is 0 Å². The molecule has 1 amide bonds. The molecule has 1 saturated heterocycles. The molecule has 45 heavy (non-hydrogen) atoms. The molecule has 1 unspecified atom stereocenters. The summed E-state index contributed by atoms with van der Waals surface area (Å²) >= 11 is 0. The van der Waals surface area contributed by atoms with E-state index >= 15 is 8.78 Å². The van der Waals surface area contributed by atoms with Crippen LogP contribution in [0.2, 0.25) is 0 Å². The van der Waals surface area contributed by atoms with Crippen LogP contribution in [0.4, 0.5) is 20.4 Å². The number of anilines is 2. The van der Waals surface area contributed by atoms with Gasteiger partial charge in [-0.3, -0.25) is 4.79 Å². The number of hydrogen-bond acceptors (Lipinski definition) is 7. The number of carbonyl (C=O) groups is 1. The lowest BCUT2D eigenvalue weighted by Gasteiger charge is -2.36. The van der Waals surface area contributed by atoms with Crippen LogP contribution in [0.5, 0.6) is 11.8 Å². The van der Waals surface area contributed by atoms with Crippen LogP contribution < -0.4 is 14.5 Å². The fourth-order valence-electron chi connectivity index (χ4n) is 7.52. The Hall–Kier alpha value is -4.05. The maximum absolute atomic E-state index is 15.4. The van der Waals surface area contributed by atoms with E-state index in [9.17, 15) is 4.79 Å². The minimum Gasteiger partial charge on any atom is -0.424 e. The number of amides is 1. The zero-order valence-corrected chi connectivity index (χ0v) is 26.1. The highest BCUT2D eigenvalue weighted by Gasteiger charge is 2.41. The molecule has 1 aromatic heterocycles. The molecule has 2 aromatic carbocycles. The Morgan fingerprint density at radius 1 is 0.956 bits per heavy atom. The molecule has 0 N–H and O–H groups in total. The Kier molecular flexibility index (Phi) is 7.71. The highest BCUT2D eigenvalue weighted by atomic mass is 19.3. The van der Waals surface area contributed by atoms with Crippen LogP contribution in [0.15, 0.2) is 49.1 Å². The smallest absolute Gasteiger partial charge is 0.325 e. The van der Waals surface area contributed by atoms with Crippen LogP contribution in [-0.2, 0) is 36.5 Å². The van der Waals surface area contributed by atoms with Crippen molar-refractivity contribution < 1.29 is 18.3 Å². The number of nitrogens with zero attached hydrogens (tertiary/aromatic N) is 6. The third-order valence-corrected chi connectivity index (χ3v) is 9.90. The molecule has 4 heterocycles. The summed E-state index contributed by atoms with van der Waals surface area (Å²) in [4.78, 5) is 30.7. The first-order valence-electron chi connectivity index (χ1n) is 16.0. The second kappa shape index (κ2) is 11.7. The van der Waals surface area contributed by atoms with Crippen molar-refractivity contribution in [1.29, 1.82) is 0 Å². The maximum Gasteiger partial charge on any atom is 0.325 e. The molecular weight excluding hydrogens is 574 g/mol. The first-order valence-corrected chi connectivity index (χ1v) is 16.0. The fourth-order valence-corrected chi connectivity index (χ4v) is 7.52. The van der Waals surface area contributed by atoms with E-state index in [0.29, 0.717) is 57.5 Å². The fraction of sp³-hybridized carbons (Fsp3) is 0.457. The molecule has 3 aromatic rings. The minimum atomic E-state index is -2.85. The van der Waals surface area contributed by atoms with Gasteiger partial charge < -0.3 is 24.3 Å². The van der Waals surface area contributed by atoms with Gasteiger partial charge in [0.2, 0.25) is 5.91 Å². The van der Waals surface area contributed by atoms with E-state index in [1.54, 1.807) is 4.90 Å². The van der Waals surface area contributed by atoms with Gasteiger partial charge in [-0.1, -0.05) is 36.9 Å². The van der Waals surface area contributed by atoms with Crippen molar-refractivity contribution in [3.8, 4) is 11.8 Å². The van der Waals surface area contributed by atoms with Gasteiger partial charge in [0, 0.05) is 68.9 Å². The van der Waals surface area contributed by atoms with E-state index in [2.05, 4.69) is 34.4 Å². The number of benzene rings is 2. The molecule has 0 saturated carbocycles. The summed E-state index contributed by atoms with van der Waals surface area (Å²) in [5.41, 5.74) is 4.98. The van der Waals surface area contributed by atoms with Crippen LogP contribution >= 0.6 is 0 Å². The Morgan fingerprint density at radius 3 is 2.49 bits per heavy atom. The van der Waals surface area contributed by atoms with Crippen LogP contribution in [0.25, 0.3) is 0 Å². The van der Waals surface area contributed by atoms with Gasteiger partial charge in [0.1, 0.15) is 17.4 Å². The first kappa shape index (κ1) is 29.6. The molecule has 8 nitrogen and oxygen atoms in total. The van der Waals surface area contributed by atoms with Gasteiger partial charge in [-0.15, -0.1) is 0 Å². The number of rotatable bonds is 6. The van der Waals surface area contributed by atoms with Gasteiger partial charge in [-0.2, -0.15) is 9.97 Å². The van der Waals surface area contributed by atoms with Crippen LogP contribution in [-0.4, -0.2) is 72.0 Å². The summed E-state index contributed by atoms with van der Waals surface area (Å²) in [5, 5.41) is 0. The van der Waals surface area contributed by atoms with Crippen molar-refractivity contribution >= 4 is 17.5 Å². The molecule has 0 spiro atoms. The SMILES string of the molecule is C=CC(=O)N1CCN(c2nc(Oc3cccc4c3CCN(C)C4)nc3c2CCN3C(C)c2cccc3c2C(F)(F)CCC3)CC1. The lowest BCUT2D eigenvalue weighted by atomic mass is 9.83. The number of fused-ring (bicyclic) bond motifs is 3. The molecular formula is C35H40F2N6O2. The number of likely N-dealkylation sites (N-methyl/N-ethyl adjacent to an activating group) is 1. The van der Waals surface area contributed by atoms with Gasteiger partial charge in [0.05, 0.1) is 6.04 Å². The predicted octanol–water partition coefficient (Wildman–Crippen LogP) is 5.64. The average Bonchev–Trinajstić information content (AvgIpc) is 3.47. The quantitative estimate of drug-likeness (QED) is 0.333. The Morgan fingerprint density at radius 2 is 1.69 bits per heavy atom. The number of ether oxygens (including phenoxy) is 1. The number of alkyl halides is 2. The third kappa shape index (κ3) is 5.43. The number of halogens is 2. The van der Waals surface area contributed by atoms with Gasteiger partial charge >= 0.3 is 6.01 Å². The lowest BCUT2D eigenvalue weighted by molar-refractivity contribution is -0.126.